The maximum atomic E-state index is 12.5. The van der Waals surface area contributed by atoms with Crippen molar-refractivity contribution >= 4 is 11.9 Å². The number of nitrogens with zero attached hydrogens (tertiary/aromatic N) is 1. The predicted molar refractivity (Wildman–Crippen MR) is 91.0 cm³/mol. The van der Waals surface area contributed by atoms with E-state index in [9.17, 15) is 9.59 Å². The Balaban J connectivity index is 1.96. The quantitative estimate of drug-likeness (QED) is 0.456. The number of carbonyl (C=O) groups excluding carboxylic acids is 2. The molecule has 0 aromatic heterocycles. The van der Waals surface area contributed by atoms with E-state index in [0.717, 1.165) is 12.8 Å². The van der Waals surface area contributed by atoms with Crippen LogP contribution < -0.4 is 4.74 Å². The number of carbonyl (C=O) groups is 2. The van der Waals surface area contributed by atoms with Gasteiger partial charge in [-0.2, -0.15) is 0 Å². The lowest BCUT2D eigenvalue weighted by Crippen LogP contribution is -2.34. The fourth-order valence-corrected chi connectivity index (χ4v) is 2.65. The highest BCUT2D eigenvalue weighted by atomic mass is 16.7. The molecule has 2 unspecified atom stereocenters. The molecule has 1 amide bonds. The molecule has 1 aromatic carbocycles. The van der Waals surface area contributed by atoms with Crippen molar-refractivity contribution in [2.75, 3.05) is 6.54 Å². The van der Waals surface area contributed by atoms with E-state index in [1.165, 1.54) is 6.20 Å². The van der Waals surface area contributed by atoms with Crippen molar-refractivity contribution in [2.45, 2.75) is 32.5 Å². The van der Waals surface area contributed by atoms with E-state index in [-0.39, 0.29) is 11.5 Å². The maximum absolute atomic E-state index is 12.5. The van der Waals surface area contributed by atoms with Crippen LogP contribution >= 0.6 is 0 Å². The maximum Gasteiger partial charge on any atom is 0.337 e. The van der Waals surface area contributed by atoms with Crippen LogP contribution in [0.5, 0.6) is 5.75 Å². The highest BCUT2D eigenvalue weighted by Crippen LogP contribution is 2.25. The standard InChI is InChI=1S/C19H23NO4/c1-4-20-13-9-8-12-17(18(20)21)14(2)19(22)24-15(3)23-16-10-6-5-7-11-16/h4-7,10-11,15,17H,1-2,8-9,12-13H2,3H3. The Kier molecular flexibility index (Phi) is 6.18. The van der Waals surface area contributed by atoms with Crippen molar-refractivity contribution in [3.05, 3.63) is 55.3 Å². The van der Waals surface area contributed by atoms with Gasteiger partial charge in [0, 0.05) is 19.0 Å². The van der Waals surface area contributed by atoms with Crippen molar-refractivity contribution in [3.63, 3.8) is 0 Å². The summed E-state index contributed by atoms with van der Waals surface area (Å²) in [6.07, 6.45) is 3.05. The highest BCUT2D eigenvalue weighted by Gasteiger charge is 2.32. The average molecular weight is 329 g/mol. The Morgan fingerprint density at radius 2 is 2.04 bits per heavy atom. The van der Waals surface area contributed by atoms with E-state index in [1.54, 1.807) is 24.0 Å². The van der Waals surface area contributed by atoms with Gasteiger partial charge in [-0.3, -0.25) is 4.79 Å². The number of para-hydroxylation sites is 1. The highest BCUT2D eigenvalue weighted by molar-refractivity contribution is 5.96. The monoisotopic (exact) mass is 329 g/mol. The molecule has 128 valence electrons. The zero-order chi connectivity index (χ0) is 17.5. The van der Waals surface area contributed by atoms with E-state index in [2.05, 4.69) is 13.2 Å². The SMILES string of the molecule is C=CN1CCCCC(C(=C)C(=O)OC(C)Oc2ccccc2)C1=O. The summed E-state index contributed by atoms with van der Waals surface area (Å²) in [5, 5.41) is 0. The lowest BCUT2D eigenvalue weighted by atomic mass is 9.94. The van der Waals surface area contributed by atoms with E-state index in [4.69, 9.17) is 9.47 Å². The molecule has 0 spiro atoms. The third-order valence-corrected chi connectivity index (χ3v) is 3.94. The Morgan fingerprint density at radius 3 is 2.71 bits per heavy atom. The van der Waals surface area contributed by atoms with Crippen molar-refractivity contribution in [1.82, 2.24) is 4.90 Å². The number of likely N-dealkylation sites (tertiary alicyclic amines) is 1. The number of amides is 1. The minimum Gasteiger partial charge on any atom is -0.455 e. The molecule has 1 aliphatic heterocycles. The largest absolute Gasteiger partial charge is 0.455 e. The molecule has 1 saturated heterocycles. The molecule has 0 N–H and O–H groups in total. The van der Waals surface area contributed by atoms with Crippen LogP contribution in [-0.2, 0) is 14.3 Å². The lowest BCUT2D eigenvalue weighted by Gasteiger charge is -2.22. The normalized spacial score (nSPS) is 19.1. The number of hydrogen-bond donors (Lipinski definition) is 0. The Bertz CT molecular complexity index is 611. The Labute approximate surface area is 142 Å². The summed E-state index contributed by atoms with van der Waals surface area (Å²) in [5.41, 5.74) is 0.164. The molecular formula is C19H23NO4. The second kappa shape index (κ2) is 8.34. The minimum absolute atomic E-state index is 0.152. The number of esters is 1. The van der Waals surface area contributed by atoms with Crippen LogP contribution in [0.4, 0.5) is 0 Å². The molecule has 1 aromatic rings. The van der Waals surface area contributed by atoms with Gasteiger partial charge >= 0.3 is 5.97 Å². The van der Waals surface area contributed by atoms with E-state index >= 15 is 0 Å². The van der Waals surface area contributed by atoms with Gasteiger partial charge in [-0.05, 0) is 31.2 Å². The molecule has 2 rings (SSSR count). The van der Waals surface area contributed by atoms with Crippen molar-refractivity contribution in [1.29, 1.82) is 0 Å². The fraction of sp³-hybridized carbons (Fsp3) is 0.368. The van der Waals surface area contributed by atoms with Crippen LogP contribution in [0, 0.1) is 5.92 Å². The molecule has 5 heteroatoms. The van der Waals surface area contributed by atoms with Crippen molar-refractivity contribution in [3.8, 4) is 5.75 Å². The van der Waals surface area contributed by atoms with E-state index < -0.39 is 18.2 Å². The topological polar surface area (TPSA) is 55.8 Å². The minimum atomic E-state index is -0.770. The van der Waals surface area contributed by atoms with Crippen molar-refractivity contribution < 1.29 is 19.1 Å². The zero-order valence-corrected chi connectivity index (χ0v) is 13.9. The number of rotatable bonds is 6. The summed E-state index contributed by atoms with van der Waals surface area (Å²) in [5.74, 6) is -0.725. The van der Waals surface area contributed by atoms with E-state index in [0.29, 0.717) is 18.7 Å². The van der Waals surface area contributed by atoms with Crippen molar-refractivity contribution in [2.24, 2.45) is 5.92 Å². The number of benzene rings is 1. The molecule has 1 fully saturated rings. The summed E-state index contributed by atoms with van der Waals surface area (Å²) in [7, 11) is 0. The van der Waals surface area contributed by atoms with Gasteiger partial charge in [0.15, 0.2) is 0 Å². The van der Waals surface area contributed by atoms with Crippen LogP contribution in [-0.4, -0.2) is 29.6 Å². The van der Waals surface area contributed by atoms with Crippen LogP contribution in [0.25, 0.3) is 0 Å². The number of ether oxygens (including phenoxy) is 2. The summed E-state index contributed by atoms with van der Waals surface area (Å²) in [6, 6.07) is 9.08. The van der Waals surface area contributed by atoms with Crippen LogP contribution in [0.1, 0.15) is 26.2 Å². The van der Waals surface area contributed by atoms with Crippen LogP contribution in [0.15, 0.2) is 55.3 Å². The summed E-state index contributed by atoms with van der Waals surface area (Å²) in [6.45, 7) is 9.68. The predicted octanol–water partition coefficient (Wildman–Crippen LogP) is 3.28. The smallest absolute Gasteiger partial charge is 0.337 e. The molecular weight excluding hydrogens is 306 g/mol. The molecule has 5 nitrogen and oxygen atoms in total. The van der Waals surface area contributed by atoms with Gasteiger partial charge in [0.25, 0.3) is 0 Å². The van der Waals surface area contributed by atoms with Crippen LogP contribution in [0.3, 0.4) is 0 Å². The molecule has 1 heterocycles. The van der Waals surface area contributed by atoms with Gasteiger partial charge in [-0.1, -0.05) is 37.8 Å². The van der Waals surface area contributed by atoms with Gasteiger partial charge in [-0.15, -0.1) is 0 Å². The lowest BCUT2D eigenvalue weighted by molar-refractivity contribution is -0.158. The molecule has 1 aliphatic rings. The zero-order valence-electron chi connectivity index (χ0n) is 13.9. The van der Waals surface area contributed by atoms with E-state index in [1.807, 2.05) is 18.2 Å². The van der Waals surface area contributed by atoms with Crippen LogP contribution in [0.2, 0.25) is 0 Å². The summed E-state index contributed by atoms with van der Waals surface area (Å²) < 4.78 is 10.8. The molecule has 0 bridgehead atoms. The van der Waals surface area contributed by atoms with Gasteiger partial charge in [0.2, 0.25) is 12.2 Å². The first-order chi connectivity index (χ1) is 11.5. The van der Waals surface area contributed by atoms with Gasteiger partial charge in [-0.25, -0.2) is 4.79 Å². The third kappa shape index (κ3) is 4.47. The fourth-order valence-electron chi connectivity index (χ4n) is 2.65. The Hall–Kier alpha value is -2.56. The third-order valence-electron chi connectivity index (χ3n) is 3.94. The van der Waals surface area contributed by atoms with Gasteiger partial charge in [0.05, 0.1) is 5.92 Å². The molecule has 0 saturated carbocycles. The number of hydrogen-bond acceptors (Lipinski definition) is 4. The first kappa shape index (κ1) is 17.8. The second-order valence-corrected chi connectivity index (χ2v) is 5.69. The molecule has 24 heavy (non-hydrogen) atoms. The second-order valence-electron chi connectivity index (χ2n) is 5.69. The van der Waals surface area contributed by atoms with Gasteiger partial charge in [0.1, 0.15) is 5.75 Å². The summed E-state index contributed by atoms with van der Waals surface area (Å²) in [4.78, 5) is 26.3. The molecule has 0 radical (unpaired) electrons. The molecule has 0 aliphatic carbocycles. The Morgan fingerprint density at radius 1 is 1.33 bits per heavy atom. The summed E-state index contributed by atoms with van der Waals surface area (Å²) >= 11 is 0. The first-order valence-electron chi connectivity index (χ1n) is 8.07. The van der Waals surface area contributed by atoms with Gasteiger partial charge < -0.3 is 14.4 Å². The average Bonchev–Trinajstić information content (AvgIpc) is 2.76. The first-order valence-corrected chi connectivity index (χ1v) is 8.07. The molecule has 2 atom stereocenters.